The number of hydrogen-bond donors (Lipinski definition) is 1. The number of rotatable bonds is 5. The van der Waals surface area contributed by atoms with Crippen LogP contribution in [-0.4, -0.2) is 24.5 Å². The molecule has 3 rings (SSSR count). The highest BCUT2D eigenvalue weighted by Gasteiger charge is 2.40. The molecule has 1 N–H and O–H groups in total. The second kappa shape index (κ2) is 7.20. The lowest BCUT2D eigenvalue weighted by Crippen LogP contribution is -2.35. The third-order valence-corrected chi connectivity index (χ3v) is 4.51. The normalized spacial score (nSPS) is 16.9. The topological polar surface area (TPSA) is 58.6 Å². The molecule has 1 heterocycles. The molecule has 2 aromatic carbocycles. The monoisotopic (exact) mass is 352 g/mol. The van der Waals surface area contributed by atoms with Gasteiger partial charge in [0.2, 0.25) is 5.91 Å². The van der Waals surface area contributed by atoms with Gasteiger partial charge in [0, 0.05) is 5.69 Å². The highest BCUT2D eigenvalue weighted by molar-refractivity contribution is 6.23. The Kier molecular flexibility index (Phi) is 4.98. The second-order valence-corrected chi connectivity index (χ2v) is 6.67. The maximum atomic E-state index is 12.9. The molecular weight excluding hydrogens is 328 g/mol. The molecule has 2 aromatic rings. The predicted molar refractivity (Wildman–Crippen MR) is 103 cm³/mol. The fraction of sp³-hybridized carbons (Fsp3) is 0.333. The number of anilines is 2. The summed E-state index contributed by atoms with van der Waals surface area (Å²) in [5.41, 5.74) is 4.49. The van der Waals surface area contributed by atoms with E-state index in [2.05, 4.69) is 5.32 Å². The molecule has 0 radical (unpaired) electrons. The quantitative estimate of drug-likeness (QED) is 0.833. The average Bonchev–Trinajstić information content (AvgIpc) is 2.84. The first-order valence-electron chi connectivity index (χ1n) is 8.84. The average molecular weight is 352 g/mol. The molecule has 0 bridgehead atoms. The van der Waals surface area contributed by atoms with Gasteiger partial charge in [-0.1, -0.05) is 17.7 Å². The Balaban J connectivity index is 1.81. The van der Waals surface area contributed by atoms with Gasteiger partial charge in [-0.05, 0) is 63.1 Å². The first kappa shape index (κ1) is 18.0. The smallest absolute Gasteiger partial charge is 0.256 e. The Labute approximate surface area is 154 Å². The van der Waals surface area contributed by atoms with Crippen molar-refractivity contribution in [2.75, 3.05) is 16.8 Å². The number of carbonyl (C=O) groups is 2. The zero-order valence-corrected chi connectivity index (χ0v) is 15.6. The molecule has 5 heteroatoms. The van der Waals surface area contributed by atoms with E-state index in [4.69, 9.17) is 4.74 Å². The predicted octanol–water partition coefficient (Wildman–Crippen LogP) is 3.75. The van der Waals surface area contributed by atoms with Gasteiger partial charge in [0.15, 0.2) is 0 Å². The molecule has 1 fully saturated rings. The fourth-order valence-electron chi connectivity index (χ4n) is 3.52. The standard InChI is InChI=1S/C21H24N2O3/c1-5-26-17-8-6-16(7-9-17)22-18-12-19(24)23(21(18)25)20-14(3)10-13(2)11-15(20)4/h6-11,18,22H,5,12H2,1-4H3. The van der Waals surface area contributed by atoms with E-state index in [0.717, 1.165) is 28.1 Å². The Morgan fingerprint density at radius 1 is 1.08 bits per heavy atom. The number of benzene rings is 2. The summed E-state index contributed by atoms with van der Waals surface area (Å²) in [6.07, 6.45) is 0.152. The van der Waals surface area contributed by atoms with Crippen LogP contribution in [0.4, 0.5) is 11.4 Å². The lowest BCUT2D eigenvalue weighted by atomic mass is 10.0. The van der Waals surface area contributed by atoms with Gasteiger partial charge in [0.05, 0.1) is 18.7 Å². The van der Waals surface area contributed by atoms with Crippen molar-refractivity contribution in [3.8, 4) is 5.75 Å². The molecule has 0 aromatic heterocycles. The van der Waals surface area contributed by atoms with Crippen LogP contribution in [0.15, 0.2) is 36.4 Å². The van der Waals surface area contributed by atoms with E-state index >= 15 is 0 Å². The van der Waals surface area contributed by atoms with Gasteiger partial charge >= 0.3 is 0 Å². The number of aryl methyl sites for hydroxylation is 3. The van der Waals surface area contributed by atoms with Crippen molar-refractivity contribution in [1.29, 1.82) is 0 Å². The summed E-state index contributed by atoms with van der Waals surface area (Å²) in [6.45, 7) is 8.41. The van der Waals surface area contributed by atoms with Gasteiger partial charge in [-0.15, -0.1) is 0 Å². The van der Waals surface area contributed by atoms with Crippen LogP contribution in [0.3, 0.4) is 0 Å². The highest BCUT2D eigenvalue weighted by atomic mass is 16.5. The minimum atomic E-state index is -0.555. The summed E-state index contributed by atoms with van der Waals surface area (Å²) < 4.78 is 5.42. The van der Waals surface area contributed by atoms with Gasteiger partial charge in [0.25, 0.3) is 5.91 Å². The first-order chi connectivity index (χ1) is 12.4. The van der Waals surface area contributed by atoms with E-state index in [1.165, 1.54) is 4.90 Å². The van der Waals surface area contributed by atoms with Crippen LogP contribution in [0.25, 0.3) is 0 Å². The van der Waals surface area contributed by atoms with Crippen molar-refractivity contribution < 1.29 is 14.3 Å². The van der Waals surface area contributed by atoms with Crippen LogP contribution < -0.4 is 15.0 Å². The molecule has 26 heavy (non-hydrogen) atoms. The van der Waals surface area contributed by atoms with E-state index in [-0.39, 0.29) is 18.2 Å². The Morgan fingerprint density at radius 3 is 2.27 bits per heavy atom. The maximum absolute atomic E-state index is 12.9. The van der Waals surface area contributed by atoms with Crippen molar-refractivity contribution in [3.63, 3.8) is 0 Å². The lowest BCUT2D eigenvalue weighted by molar-refractivity contribution is -0.121. The van der Waals surface area contributed by atoms with Crippen LogP contribution in [0.1, 0.15) is 30.0 Å². The fourth-order valence-corrected chi connectivity index (χ4v) is 3.52. The number of nitrogens with zero attached hydrogens (tertiary/aromatic N) is 1. The van der Waals surface area contributed by atoms with Crippen molar-refractivity contribution in [2.45, 2.75) is 40.2 Å². The third-order valence-electron chi connectivity index (χ3n) is 4.51. The van der Waals surface area contributed by atoms with Gasteiger partial charge in [-0.3, -0.25) is 9.59 Å². The van der Waals surface area contributed by atoms with E-state index in [1.54, 1.807) is 0 Å². The van der Waals surface area contributed by atoms with Gasteiger partial charge in [0.1, 0.15) is 11.8 Å². The van der Waals surface area contributed by atoms with Crippen molar-refractivity contribution >= 4 is 23.2 Å². The van der Waals surface area contributed by atoms with E-state index in [9.17, 15) is 9.59 Å². The Bertz CT molecular complexity index is 820. The molecule has 1 unspecified atom stereocenters. The van der Waals surface area contributed by atoms with Crippen molar-refractivity contribution in [1.82, 2.24) is 0 Å². The second-order valence-electron chi connectivity index (χ2n) is 6.67. The summed E-state index contributed by atoms with van der Waals surface area (Å²) in [4.78, 5) is 26.8. The number of imide groups is 1. The van der Waals surface area contributed by atoms with Crippen molar-refractivity contribution in [2.24, 2.45) is 0 Å². The van der Waals surface area contributed by atoms with Gasteiger partial charge in [-0.2, -0.15) is 0 Å². The molecule has 1 saturated heterocycles. The number of nitrogens with one attached hydrogen (secondary N) is 1. The molecule has 1 atom stereocenters. The lowest BCUT2D eigenvalue weighted by Gasteiger charge is -2.21. The zero-order chi connectivity index (χ0) is 18.8. The largest absolute Gasteiger partial charge is 0.494 e. The van der Waals surface area contributed by atoms with E-state index in [1.807, 2.05) is 64.1 Å². The summed E-state index contributed by atoms with van der Waals surface area (Å²) in [5, 5.41) is 3.17. The molecule has 0 saturated carbocycles. The minimum absolute atomic E-state index is 0.152. The van der Waals surface area contributed by atoms with E-state index < -0.39 is 6.04 Å². The molecule has 0 aliphatic carbocycles. The SMILES string of the molecule is CCOc1ccc(NC2CC(=O)N(c3c(C)cc(C)cc3C)C2=O)cc1. The van der Waals surface area contributed by atoms with Crippen molar-refractivity contribution in [3.05, 3.63) is 53.1 Å². The molecule has 1 aliphatic heterocycles. The summed E-state index contributed by atoms with van der Waals surface area (Å²) in [5.74, 6) is 0.395. The first-order valence-corrected chi connectivity index (χ1v) is 8.84. The Morgan fingerprint density at radius 2 is 1.69 bits per heavy atom. The summed E-state index contributed by atoms with van der Waals surface area (Å²) in [6, 6.07) is 10.8. The Hall–Kier alpha value is -2.82. The van der Waals surface area contributed by atoms with Gasteiger partial charge < -0.3 is 10.1 Å². The van der Waals surface area contributed by atoms with Crippen LogP contribution >= 0.6 is 0 Å². The van der Waals surface area contributed by atoms with Crippen LogP contribution in [-0.2, 0) is 9.59 Å². The third kappa shape index (κ3) is 3.43. The molecule has 1 aliphatic rings. The number of carbonyl (C=O) groups excluding carboxylic acids is 2. The molecule has 5 nitrogen and oxygen atoms in total. The minimum Gasteiger partial charge on any atom is -0.494 e. The molecule has 2 amide bonds. The van der Waals surface area contributed by atoms with Gasteiger partial charge in [-0.25, -0.2) is 4.90 Å². The highest BCUT2D eigenvalue weighted by Crippen LogP contribution is 2.31. The number of hydrogen-bond acceptors (Lipinski definition) is 4. The van der Waals surface area contributed by atoms with Crippen LogP contribution in [0.2, 0.25) is 0 Å². The number of amides is 2. The van der Waals surface area contributed by atoms with Crippen LogP contribution in [0.5, 0.6) is 5.75 Å². The van der Waals surface area contributed by atoms with Crippen LogP contribution in [0, 0.1) is 20.8 Å². The zero-order valence-electron chi connectivity index (χ0n) is 15.6. The molecule has 136 valence electrons. The maximum Gasteiger partial charge on any atom is 0.256 e. The molecule has 0 spiro atoms. The summed E-state index contributed by atoms with van der Waals surface area (Å²) >= 11 is 0. The van der Waals surface area contributed by atoms with E-state index in [0.29, 0.717) is 12.3 Å². The summed E-state index contributed by atoms with van der Waals surface area (Å²) in [7, 11) is 0. The number of ether oxygens (including phenoxy) is 1. The molecular formula is C21H24N2O3.